The van der Waals surface area contributed by atoms with Crippen LogP contribution >= 0.6 is 0 Å². The van der Waals surface area contributed by atoms with E-state index in [0.29, 0.717) is 5.56 Å². The number of hydrogen-bond donors (Lipinski definition) is 1. The summed E-state index contributed by atoms with van der Waals surface area (Å²) in [6.07, 6.45) is 0. The van der Waals surface area contributed by atoms with Crippen molar-refractivity contribution >= 4 is 5.91 Å². The van der Waals surface area contributed by atoms with Gasteiger partial charge in [0.25, 0.3) is 5.91 Å². The highest BCUT2D eigenvalue weighted by Gasteiger charge is 2.27. The fraction of sp³-hybridized carbons (Fsp3) is 0.474. The molecule has 4 nitrogen and oxygen atoms in total. The van der Waals surface area contributed by atoms with Gasteiger partial charge in [-0.05, 0) is 49.9 Å². The van der Waals surface area contributed by atoms with Gasteiger partial charge in [0.2, 0.25) is 0 Å². The third-order valence-electron chi connectivity index (χ3n) is 3.76. The molecule has 0 saturated carbocycles. The minimum Gasteiger partial charge on any atom is -0.350 e. The molecule has 24 heavy (non-hydrogen) atoms. The number of halogens is 1. The molecule has 1 N–H and O–H groups in total. The minimum absolute atomic E-state index is 0.0479. The second-order valence-corrected chi connectivity index (χ2v) is 6.97. The van der Waals surface area contributed by atoms with Gasteiger partial charge in [-0.25, -0.2) is 9.07 Å². The zero-order valence-electron chi connectivity index (χ0n) is 15.2. The summed E-state index contributed by atoms with van der Waals surface area (Å²) in [5.74, 6) is -0.190. The lowest BCUT2D eigenvalue weighted by Gasteiger charge is -2.14. The van der Waals surface area contributed by atoms with Gasteiger partial charge in [-0.2, -0.15) is 5.10 Å². The third kappa shape index (κ3) is 3.66. The summed E-state index contributed by atoms with van der Waals surface area (Å²) < 4.78 is 15.0. The van der Waals surface area contributed by atoms with Gasteiger partial charge < -0.3 is 5.32 Å². The molecule has 0 aliphatic rings. The molecule has 0 spiro atoms. The molecule has 2 aromatic rings. The zero-order chi connectivity index (χ0) is 18.0. The molecule has 0 radical (unpaired) electrons. The van der Waals surface area contributed by atoms with E-state index in [1.54, 1.807) is 16.8 Å². The summed E-state index contributed by atoms with van der Waals surface area (Å²) in [4.78, 5) is 12.8. The van der Waals surface area contributed by atoms with Gasteiger partial charge >= 0.3 is 0 Å². The molecule has 1 heterocycles. The van der Waals surface area contributed by atoms with Crippen molar-refractivity contribution in [2.45, 2.75) is 59.4 Å². The largest absolute Gasteiger partial charge is 0.350 e. The number of amides is 1. The highest BCUT2D eigenvalue weighted by atomic mass is 19.1. The maximum Gasteiger partial charge on any atom is 0.255 e. The highest BCUT2D eigenvalue weighted by Crippen LogP contribution is 2.30. The molecule has 130 valence electrons. The first-order valence-corrected chi connectivity index (χ1v) is 8.42. The Morgan fingerprint density at radius 1 is 1.04 bits per heavy atom. The number of aromatic nitrogens is 2. The van der Waals surface area contributed by atoms with Crippen molar-refractivity contribution in [1.29, 1.82) is 0 Å². The summed E-state index contributed by atoms with van der Waals surface area (Å²) in [6.45, 7) is 12.0. The van der Waals surface area contributed by atoms with Gasteiger partial charge in [0.15, 0.2) is 0 Å². The van der Waals surface area contributed by atoms with Crippen LogP contribution in [0.3, 0.4) is 0 Å². The van der Waals surface area contributed by atoms with E-state index in [9.17, 15) is 9.18 Å². The maximum atomic E-state index is 13.3. The molecular weight excluding hydrogens is 305 g/mol. The van der Waals surface area contributed by atoms with E-state index in [1.807, 2.05) is 41.5 Å². The van der Waals surface area contributed by atoms with Crippen molar-refractivity contribution in [2.24, 2.45) is 0 Å². The topological polar surface area (TPSA) is 46.9 Å². The molecule has 1 amide bonds. The predicted octanol–water partition coefficient (Wildman–Crippen LogP) is 4.40. The molecule has 0 unspecified atom stereocenters. The van der Waals surface area contributed by atoms with Gasteiger partial charge in [0, 0.05) is 6.04 Å². The molecule has 0 aliphatic heterocycles. The van der Waals surface area contributed by atoms with E-state index < -0.39 is 0 Å². The Morgan fingerprint density at radius 2 is 1.62 bits per heavy atom. The van der Waals surface area contributed by atoms with Gasteiger partial charge in [0.05, 0.1) is 22.6 Å². The normalized spacial score (nSPS) is 11.6. The Balaban J connectivity index is 2.68. The fourth-order valence-electron chi connectivity index (χ4n) is 2.73. The van der Waals surface area contributed by atoms with Crippen LogP contribution < -0.4 is 5.32 Å². The predicted molar refractivity (Wildman–Crippen MR) is 94.3 cm³/mol. The van der Waals surface area contributed by atoms with Crippen molar-refractivity contribution in [3.05, 3.63) is 47.0 Å². The highest BCUT2D eigenvalue weighted by molar-refractivity contribution is 5.97. The van der Waals surface area contributed by atoms with Gasteiger partial charge in [-0.1, -0.05) is 27.7 Å². The van der Waals surface area contributed by atoms with E-state index in [2.05, 4.69) is 5.32 Å². The lowest BCUT2D eigenvalue weighted by molar-refractivity contribution is 0.0940. The first kappa shape index (κ1) is 18.2. The molecule has 0 saturated heterocycles. The summed E-state index contributed by atoms with van der Waals surface area (Å²) in [6, 6.07) is 6.23. The summed E-state index contributed by atoms with van der Waals surface area (Å²) in [5.41, 5.74) is 3.01. The van der Waals surface area contributed by atoms with Crippen molar-refractivity contribution in [1.82, 2.24) is 15.1 Å². The summed E-state index contributed by atoms with van der Waals surface area (Å²) in [5, 5.41) is 7.66. The average molecular weight is 331 g/mol. The quantitative estimate of drug-likeness (QED) is 0.883. The number of benzene rings is 1. The van der Waals surface area contributed by atoms with E-state index in [0.717, 1.165) is 17.1 Å². The SMILES string of the molecule is CC(C)NC(=O)c1c(C(C)C)nn(-c2ccc(F)cc2)c1C(C)C. The van der Waals surface area contributed by atoms with Crippen LogP contribution in [-0.2, 0) is 0 Å². The maximum absolute atomic E-state index is 13.3. The lowest BCUT2D eigenvalue weighted by atomic mass is 9.98. The van der Waals surface area contributed by atoms with Crippen LogP contribution in [0.4, 0.5) is 4.39 Å². The monoisotopic (exact) mass is 331 g/mol. The minimum atomic E-state index is -0.293. The number of nitrogens with one attached hydrogen (secondary N) is 1. The van der Waals surface area contributed by atoms with Crippen LogP contribution in [0, 0.1) is 5.82 Å². The van der Waals surface area contributed by atoms with E-state index in [1.165, 1.54) is 12.1 Å². The molecule has 5 heteroatoms. The second-order valence-electron chi connectivity index (χ2n) is 6.97. The number of rotatable bonds is 5. The van der Waals surface area contributed by atoms with Crippen LogP contribution in [0.1, 0.15) is 75.1 Å². The number of hydrogen-bond acceptors (Lipinski definition) is 2. The van der Waals surface area contributed by atoms with E-state index in [-0.39, 0.29) is 29.6 Å². The van der Waals surface area contributed by atoms with E-state index >= 15 is 0 Å². The van der Waals surface area contributed by atoms with Gasteiger partial charge in [0.1, 0.15) is 5.82 Å². The van der Waals surface area contributed by atoms with Crippen LogP contribution in [-0.4, -0.2) is 21.7 Å². The smallest absolute Gasteiger partial charge is 0.255 e. The Hall–Kier alpha value is -2.17. The Kier molecular flexibility index (Phi) is 5.42. The van der Waals surface area contributed by atoms with Crippen LogP contribution in [0.5, 0.6) is 0 Å². The first-order chi connectivity index (χ1) is 11.2. The summed E-state index contributed by atoms with van der Waals surface area (Å²) in [7, 11) is 0. The molecule has 0 bridgehead atoms. The first-order valence-electron chi connectivity index (χ1n) is 8.42. The van der Waals surface area contributed by atoms with Gasteiger partial charge in [-0.15, -0.1) is 0 Å². The molecule has 1 aromatic heterocycles. The van der Waals surface area contributed by atoms with Crippen molar-refractivity contribution in [3.63, 3.8) is 0 Å². The standard InChI is InChI=1S/C19H26FN3O/c1-11(2)17-16(19(24)21-13(5)6)18(12(3)4)23(22-17)15-9-7-14(20)8-10-15/h7-13H,1-6H3,(H,21,24). The number of carbonyl (C=O) groups is 1. The Bertz CT molecular complexity index is 715. The zero-order valence-corrected chi connectivity index (χ0v) is 15.2. The molecule has 0 fully saturated rings. The molecule has 1 aromatic carbocycles. The molecular formula is C19H26FN3O. The number of nitrogens with zero attached hydrogens (tertiary/aromatic N) is 2. The molecule has 0 aliphatic carbocycles. The van der Waals surface area contributed by atoms with E-state index in [4.69, 9.17) is 5.10 Å². The Labute approximate surface area is 143 Å². The van der Waals surface area contributed by atoms with Crippen molar-refractivity contribution < 1.29 is 9.18 Å². The molecule has 0 atom stereocenters. The lowest BCUT2D eigenvalue weighted by Crippen LogP contribution is -2.31. The third-order valence-corrected chi connectivity index (χ3v) is 3.76. The Morgan fingerprint density at radius 3 is 2.08 bits per heavy atom. The van der Waals surface area contributed by atoms with Crippen LogP contribution in [0.25, 0.3) is 5.69 Å². The average Bonchev–Trinajstić information content (AvgIpc) is 2.88. The summed E-state index contributed by atoms with van der Waals surface area (Å²) >= 11 is 0. The second kappa shape index (κ2) is 7.16. The van der Waals surface area contributed by atoms with Crippen LogP contribution in [0.2, 0.25) is 0 Å². The van der Waals surface area contributed by atoms with Crippen molar-refractivity contribution in [3.8, 4) is 5.69 Å². The number of carbonyl (C=O) groups excluding carboxylic acids is 1. The van der Waals surface area contributed by atoms with Gasteiger partial charge in [-0.3, -0.25) is 4.79 Å². The molecule has 2 rings (SSSR count). The van der Waals surface area contributed by atoms with Crippen LogP contribution in [0.15, 0.2) is 24.3 Å². The van der Waals surface area contributed by atoms with Crippen molar-refractivity contribution in [2.75, 3.05) is 0 Å². The fourth-order valence-corrected chi connectivity index (χ4v) is 2.73.